The largest absolute Gasteiger partial charge is 0.365 e. The van der Waals surface area contributed by atoms with Crippen LogP contribution >= 0.6 is 0 Å². The van der Waals surface area contributed by atoms with Gasteiger partial charge in [0.2, 0.25) is 0 Å². The molecule has 0 spiro atoms. The van der Waals surface area contributed by atoms with Crippen LogP contribution in [0.25, 0.3) is 27.8 Å². The maximum atomic E-state index is 14.1. The van der Waals surface area contributed by atoms with E-state index in [1.54, 1.807) is 24.5 Å². The molecule has 2 aromatic carbocycles. The Kier molecular flexibility index (Phi) is 4.61. The number of para-hydroxylation sites is 2. The number of rotatable bonds is 5. The molecule has 0 amide bonds. The summed E-state index contributed by atoms with van der Waals surface area (Å²) in [4.78, 5) is 12.5. The molecule has 0 fully saturated rings. The second-order valence-electron chi connectivity index (χ2n) is 6.73. The summed E-state index contributed by atoms with van der Waals surface area (Å²) in [5, 5.41) is 8.75. The topological polar surface area (TPSA) is 68.5 Å². The van der Waals surface area contributed by atoms with E-state index in [1.807, 2.05) is 53.3 Å². The Bertz CT molecular complexity index is 1300. The van der Waals surface area contributed by atoms with Crippen molar-refractivity contribution >= 4 is 16.7 Å². The Balaban J connectivity index is 1.53. The van der Waals surface area contributed by atoms with Gasteiger partial charge in [0.05, 0.1) is 11.4 Å². The molecule has 5 aromatic rings. The standard InChI is InChI=1S/C23H17FN6/c24-20-8-4-7-19-22(20)27-15-28-23(19)26-13-17-14-30(18-5-2-1-3-6-18)29-21(17)16-9-11-25-12-10-16/h1-12,14-15H,13H2,(H,26,27,28). The van der Waals surface area contributed by atoms with Gasteiger partial charge >= 0.3 is 0 Å². The number of hydrogen-bond acceptors (Lipinski definition) is 5. The van der Waals surface area contributed by atoms with Gasteiger partial charge in [-0.2, -0.15) is 5.10 Å². The molecule has 3 heterocycles. The smallest absolute Gasteiger partial charge is 0.149 e. The predicted octanol–water partition coefficient (Wildman–Crippen LogP) is 4.63. The van der Waals surface area contributed by atoms with Gasteiger partial charge in [0.25, 0.3) is 0 Å². The predicted molar refractivity (Wildman–Crippen MR) is 114 cm³/mol. The van der Waals surface area contributed by atoms with Crippen molar-refractivity contribution in [2.24, 2.45) is 0 Å². The number of nitrogens with one attached hydrogen (secondary N) is 1. The molecule has 5 rings (SSSR count). The summed E-state index contributed by atoms with van der Waals surface area (Å²) < 4.78 is 15.9. The van der Waals surface area contributed by atoms with Crippen LogP contribution < -0.4 is 5.32 Å². The van der Waals surface area contributed by atoms with E-state index >= 15 is 0 Å². The minimum absolute atomic E-state index is 0.296. The highest BCUT2D eigenvalue weighted by atomic mass is 19.1. The molecule has 7 heteroatoms. The van der Waals surface area contributed by atoms with Crippen LogP contribution in [-0.2, 0) is 6.54 Å². The molecular weight excluding hydrogens is 379 g/mol. The van der Waals surface area contributed by atoms with Crippen LogP contribution in [0.15, 0.2) is 85.6 Å². The number of nitrogens with zero attached hydrogens (tertiary/aromatic N) is 5. The zero-order valence-corrected chi connectivity index (χ0v) is 15.9. The van der Waals surface area contributed by atoms with Crippen molar-refractivity contribution in [3.63, 3.8) is 0 Å². The molecule has 30 heavy (non-hydrogen) atoms. The highest BCUT2D eigenvalue weighted by molar-refractivity contribution is 5.89. The lowest BCUT2D eigenvalue weighted by molar-refractivity contribution is 0.636. The SMILES string of the molecule is Fc1cccc2c(NCc3cn(-c4ccccc4)nc3-c3ccncc3)ncnc12. The fourth-order valence-electron chi connectivity index (χ4n) is 3.38. The van der Waals surface area contributed by atoms with E-state index in [-0.39, 0.29) is 5.82 Å². The van der Waals surface area contributed by atoms with Crippen molar-refractivity contribution in [3.8, 4) is 16.9 Å². The first-order valence-electron chi connectivity index (χ1n) is 9.47. The summed E-state index contributed by atoms with van der Waals surface area (Å²) in [6, 6.07) is 18.6. The third-order valence-electron chi connectivity index (χ3n) is 4.83. The number of fused-ring (bicyclic) bond motifs is 1. The van der Waals surface area contributed by atoms with Crippen LogP contribution in [0.4, 0.5) is 10.2 Å². The van der Waals surface area contributed by atoms with E-state index in [0.717, 1.165) is 22.5 Å². The Labute approximate surface area is 172 Å². The van der Waals surface area contributed by atoms with Gasteiger partial charge in [-0.3, -0.25) is 4.98 Å². The molecule has 0 radical (unpaired) electrons. The van der Waals surface area contributed by atoms with Crippen LogP contribution in [0.2, 0.25) is 0 Å². The highest BCUT2D eigenvalue weighted by Gasteiger charge is 2.14. The second-order valence-corrected chi connectivity index (χ2v) is 6.73. The third-order valence-corrected chi connectivity index (χ3v) is 4.83. The summed E-state index contributed by atoms with van der Waals surface area (Å²) in [5.74, 6) is 0.208. The van der Waals surface area contributed by atoms with Crippen molar-refractivity contribution in [2.45, 2.75) is 6.54 Å². The molecule has 0 aliphatic carbocycles. The zero-order chi connectivity index (χ0) is 20.3. The lowest BCUT2D eigenvalue weighted by atomic mass is 10.1. The first-order chi connectivity index (χ1) is 14.8. The average Bonchev–Trinajstić information content (AvgIpc) is 3.24. The van der Waals surface area contributed by atoms with Gasteiger partial charge in [0.15, 0.2) is 0 Å². The fourth-order valence-corrected chi connectivity index (χ4v) is 3.38. The van der Waals surface area contributed by atoms with Gasteiger partial charge in [-0.25, -0.2) is 19.0 Å². The fraction of sp³-hybridized carbons (Fsp3) is 0.0435. The average molecular weight is 396 g/mol. The number of aromatic nitrogens is 5. The summed E-state index contributed by atoms with van der Waals surface area (Å²) in [6.07, 6.45) is 6.84. The summed E-state index contributed by atoms with van der Waals surface area (Å²) in [5.41, 5.74) is 4.06. The number of benzene rings is 2. The quantitative estimate of drug-likeness (QED) is 0.469. The molecule has 6 nitrogen and oxygen atoms in total. The van der Waals surface area contributed by atoms with Crippen molar-refractivity contribution in [3.05, 3.63) is 97.0 Å². The first-order valence-corrected chi connectivity index (χ1v) is 9.47. The summed E-state index contributed by atoms with van der Waals surface area (Å²) in [7, 11) is 0. The van der Waals surface area contributed by atoms with E-state index in [1.165, 1.54) is 12.4 Å². The van der Waals surface area contributed by atoms with Crippen molar-refractivity contribution in [1.29, 1.82) is 0 Å². The van der Waals surface area contributed by atoms with E-state index in [2.05, 4.69) is 20.3 Å². The van der Waals surface area contributed by atoms with Gasteiger partial charge in [0.1, 0.15) is 23.5 Å². The molecular formula is C23H17FN6. The lowest BCUT2D eigenvalue weighted by Crippen LogP contribution is -2.03. The van der Waals surface area contributed by atoms with Crippen LogP contribution in [0.3, 0.4) is 0 Å². The normalized spacial score (nSPS) is 11.0. The maximum absolute atomic E-state index is 14.1. The van der Waals surface area contributed by atoms with E-state index in [4.69, 9.17) is 5.10 Å². The molecule has 0 atom stereocenters. The first kappa shape index (κ1) is 17.9. The summed E-state index contributed by atoms with van der Waals surface area (Å²) in [6.45, 7) is 0.465. The Hall–Kier alpha value is -4.13. The molecule has 0 aliphatic rings. The van der Waals surface area contributed by atoms with Gasteiger partial charge in [0, 0.05) is 41.6 Å². The van der Waals surface area contributed by atoms with E-state index in [0.29, 0.717) is 23.3 Å². The van der Waals surface area contributed by atoms with Crippen molar-refractivity contribution < 1.29 is 4.39 Å². The van der Waals surface area contributed by atoms with Crippen molar-refractivity contribution in [1.82, 2.24) is 24.7 Å². The number of halogens is 1. The molecule has 0 aliphatic heterocycles. The minimum atomic E-state index is -0.368. The van der Waals surface area contributed by atoms with Crippen LogP contribution in [0.1, 0.15) is 5.56 Å². The Morgan fingerprint density at radius 2 is 1.73 bits per heavy atom. The number of pyridine rings is 1. The van der Waals surface area contributed by atoms with Gasteiger partial charge < -0.3 is 5.32 Å². The van der Waals surface area contributed by atoms with Gasteiger partial charge in [-0.15, -0.1) is 0 Å². The number of anilines is 1. The van der Waals surface area contributed by atoms with Crippen molar-refractivity contribution in [2.75, 3.05) is 5.32 Å². The van der Waals surface area contributed by atoms with E-state index < -0.39 is 0 Å². The van der Waals surface area contributed by atoms with Crippen LogP contribution in [0.5, 0.6) is 0 Å². The maximum Gasteiger partial charge on any atom is 0.149 e. The molecule has 1 N–H and O–H groups in total. The molecule has 0 unspecified atom stereocenters. The monoisotopic (exact) mass is 396 g/mol. The van der Waals surface area contributed by atoms with Gasteiger partial charge in [-0.05, 0) is 36.4 Å². The number of hydrogen-bond donors (Lipinski definition) is 1. The van der Waals surface area contributed by atoms with Crippen LogP contribution in [0, 0.1) is 5.82 Å². The molecule has 0 bridgehead atoms. The van der Waals surface area contributed by atoms with Crippen LogP contribution in [-0.4, -0.2) is 24.7 Å². The Morgan fingerprint density at radius 1 is 0.900 bits per heavy atom. The molecule has 3 aromatic heterocycles. The Morgan fingerprint density at radius 3 is 2.57 bits per heavy atom. The minimum Gasteiger partial charge on any atom is -0.365 e. The molecule has 0 saturated heterocycles. The highest BCUT2D eigenvalue weighted by Crippen LogP contribution is 2.26. The third kappa shape index (κ3) is 3.37. The van der Waals surface area contributed by atoms with E-state index in [9.17, 15) is 4.39 Å². The second kappa shape index (κ2) is 7.71. The molecule has 146 valence electrons. The molecule has 0 saturated carbocycles. The van der Waals surface area contributed by atoms with Gasteiger partial charge in [-0.1, -0.05) is 24.3 Å². The lowest BCUT2D eigenvalue weighted by Gasteiger charge is -2.08. The zero-order valence-electron chi connectivity index (χ0n) is 15.9. The summed E-state index contributed by atoms with van der Waals surface area (Å²) >= 11 is 0.